The summed E-state index contributed by atoms with van der Waals surface area (Å²) in [5, 5.41) is 0. The molecular formula is C12H19N3. The Hall–Kier alpha value is -1.35. The molecule has 0 aliphatic rings. The Morgan fingerprint density at radius 3 is 2.27 bits per heavy atom. The van der Waals surface area contributed by atoms with E-state index in [0.717, 1.165) is 5.56 Å². The lowest BCUT2D eigenvalue weighted by Gasteiger charge is -2.15. The molecule has 0 unspecified atom stereocenters. The third-order valence-corrected chi connectivity index (χ3v) is 2.00. The Bertz CT molecular complexity index is 344. The van der Waals surface area contributed by atoms with E-state index < -0.39 is 0 Å². The summed E-state index contributed by atoms with van der Waals surface area (Å²) in [4.78, 5) is 4.26. The van der Waals surface area contributed by atoms with E-state index in [-0.39, 0.29) is 5.54 Å². The SMILES string of the molecule is Cc1ccc(C(N)=NCC(C)(C)N)cc1. The maximum absolute atomic E-state index is 5.85. The lowest BCUT2D eigenvalue weighted by molar-refractivity contribution is 0.534. The van der Waals surface area contributed by atoms with Crippen molar-refractivity contribution in [1.82, 2.24) is 0 Å². The van der Waals surface area contributed by atoms with Crippen molar-refractivity contribution < 1.29 is 0 Å². The van der Waals surface area contributed by atoms with Crippen molar-refractivity contribution in [2.45, 2.75) is 26.3 Å². The van der Waals surface area contributed by atoms with Crippen molar-refractivity contribution in [2.75, 3.05) is 6.54 Å². The summed E-state index contributed by atoms with van der Waals surface area (Å²) in [6, 6.07) is 7.98. The molecule has 0 atom stereocenters. The maximum atomic E-state index is 5.85. The summed E-state index contributed by atoms with van der Waals surface area (Å²) in [7, 11) is 0. The zero-order valence-corrected chi connectivity index (χ0v) is 9.62. The number of benzene rings is 1. The van der Waals surface area contributed by atoms with E-state index in [2.05, 4.69) is 4.99 Å². The van der Waals surface area contributed by atoms with Gasteiger partial charge in [-0.1, -0.05) is 29.8 Å². The molecule has 0 aliphatic heterocycles. The molecule has 15 heavy (non-hydrogen) atoms. The Morgan fingerprint density at radius 2 is 1.80 bits per heavy atom. The third kappa shape index (κ3) is 4.13. The molecular weight excluding hydrogens is 186 g/mol. The first-order chi connectivity index (χ1) is 6.88. The van der Waals surface area contributed by atoms with E-state index in [1.165, 1.54) is 5.56 Å². The van der Waals surface area contributed by atoms with Gasteiger partial charge >= 0.3 is 0 Å². The second-order valence-electron chi connectivity index (χ2n) is 4.56. The average molecular weight is 205 g/mol. The molecule has 1 aromatic rings. The van der Waals surface area contributed by atoms with Gasteiger partial charge < -0.3 is 11.5 Å². The van der Waals surface area contributed by atoms with Crippen molar-refractivity contribution in [2.24, 2.45) is 16.5 Å². The second-order valence-corrected chi connectivity index (χ2v) is 4.56. The van der Waals surface area contributed by atoms with Gasteiger partial charge in [0.25, 0.3) is 0 Å². The zero-order valence-electron chi connectivity index (χ0n) is 9.62. The minimum Gasteiger partial charge on any atom is -0.384 e. The predicted octanol–water partition coefficient (Wildman–Crippen LogP) is 1.44. The first-order valence-corrected chi connectivity index (χ1v) is 5.04. The number of aliphatic imine (C=N–C) groups is 1. The maximum Gasteiger partial charge on any atom is 0.125 e. The van der Waals surface area contributed by atoms with Gasteiger partial charge in [-0.3, -0.25) is 4.99 Å². The van der Waals surface area contributed by atoms with Crippen LogP contribution in [-0.4, -0.2) is 17.9 Å². The lowest BCUT2D eigenvalue weighted by atomic mass is 10.1. The van der Waals surface area contributed by atoms with Gasteiger partial charge in [0.2, 0.25) is 0 Å². The first kappa shape index (κ1) is 11.7. The molecule has 0 fully saturated rings. The molecule has 0 saturated carbocycles. The predicted molar refractivity (Wildman–Crippen MR) is 65.0 cm³/mol. The van der Waals surface area contributed by atoms with Crippen LogP contribution in [0.25, 0.3) is 0 Å². The number of nitrogens with two attached hydrogens (primary N) is 2. The van der Waals surface area contributed by atoms with Crippen LogP contribution in [0.4, 0.5) is 0 Å². The largest absolute Gasteiger partial charge is 0.384 e. The summed E-state index contributed by atoms with van der Waals surface area (Å²) in [6.45, 7) is 6.44. The minimum absolute atomic E-state index is 0.310. The van der Waals surface area contributed by atoms with E-state index in [4.69, 9.17) is 11.5 Å². The van der Waals surface area contributed by atoms with E-state index in [0.29, 0.717) is 12.4 Å². The number of nitrogens with zero attached hydrogens (tertiary/aromatic N) is 1. The van der Waals surface area contributed by atoms with Crippen molar-refractivity contribution in [1.29, 1.82) is 0 Å². The van der Waals surface area contributed by atoms with E-state index in [9.17, 15) is 0 Å². The summed E-state index contributed by atoms with van der Waals surface area (Å²) >= 11 is 0. The monoisotopic (exact) mass is 205 g/mol. The van der Waals surface area contributed by atoms with Gasteiger partial charge in [-0.05, 0) is 20.8 Å². The fourth-order valence-electron chi connectivity index (χ4n) is 1.10. The highest BCUT2D eigenvalue weighted by molar-refractivity contribution is 5.97. The zero-order chi connectivity index (χ0) is 11.5. The molecule has 0 aromatic heterocycles. The molecule has 4 N–H and O–H groups in total. The summed E-state index contributed by atoms with van der Waals surface area (Å²) < 4.78 is 0. The molecule has 0 heterocycles. The molecule has 1 rings (SSSR count). The minimum atomic E-state index is -0.310. The van der Waals surface area contributed by atoms with Crippen LogP contribution in [0, 0.1) is 6.92 Å². The highest BCUT2D eigenvalue weighted by Crippen LogP contribution is 2.04. The van der Waals surface area contributed by atoms with Crippen LogP contribution in [0.5, 0.6) is 0 Å². The molecule has 0 radical (unpaired) electrons. The number of hydrogen-bond acceptors (Lipinski definition) is 2. The van der Waals surface area contributed by atoms with Crippen LogP contribution in [0.1, 0.15) is 25.0 Å². The molecule has 0 bridgehead atoms. The van der Waals surface area contributed by atoms with E-state index in [1.807, 2.05) is 45.0 Å². The van der Waals surface area contributed by atoms with Crippen LogP contribution in [0.3, 0.4) is 0 Å². The molecule has 0 spiro atoms. The van der Waals surface area contributed by atoms with Gasteiger partial charge in [0.15, 0.2) is 0 Å². The van der Waals surface area contributed by atoms with Gasteiger partial charge in [-0.15, -0.1) is 0 Å². The first-order valence-electron chi connectivity index (χ1n) is 5.04. The van der Waals surface area contributed by atoms with Crippen molar-refractivity contribution in [3.63, 3.8) is 0 Å². The molecule has 0 aliphatic carbocycles. The standard InChI is InChI=1S/C12H19N3/c1-9-4-6-10(7-5-9)11(13)15-8-12(2,3)14/h4-7H,8,14H2,1-3H3,(H2,13,15). The van der Waals surface area contributed by atoms with Crippen LogP contribution < -0.4 is 11.5 Å². The molecule has 3 nitrogen and oxygen atoms in total. The van der Waals surface area contributed by atoms with Gasteiger partial charge in [0, 0.05) is 11.1 Å². The molecule has 0 saturated heterocycles. The van der Waals surface area contributed by atoms with Crippen molar-refractivity contribution in [3.05, 3.63) is 35.4 Å². The molecule has 3 heteroatoms. The number of hydrogen-bond donors (Lipinski definition) is 2. The van der Waals surface area contributed by atoms with Crippen LogP contribution in [0.15, 0.2) is 29.3 Å². The highest BCUT2D eigenvalue weighted by Gasteiger charge is 2.09. The van der Waals surface area contributed by atoms with E-state index >= 15 is 0 Å². The summed E-state index contributed by atoms with van der Waals surface area (Å²) in [5.74, 6) is 0.550. The quantitative estimate of drug-likeness (QED) is 0.579. The van der Waals surface area contributed by atoms with Gasteiger partial charge in [-0.25, -0.2) is 0 Å². The number of aryl methyl sites for hydroxylation is 1. The Balaban J connectivity index is 2.76. The van der Waals surface area contributed by atoms with Crippen LogP contribution >= 0.6 is 0 Å². The number of rotatable bonds is 3. The lowest BCUT2D eigenvalue weighted by Crippen LogP contribution is -2.36. The van der Waals surface area contributed by atoms with Crippen LogP contribution in [-0.2, 0) is 0 Å². The highest BCUT2D eigenvalue weighted by atomic mass is 14.9. The fourth-order valence-corrected chi connectivity index (χ4v) is 1.10. The van der Waals surface area contributed by atoms with Gasteiger partial charge in [-0.2, -0.15) is 0 Å². The normalized spacial score (nSPS) is 12.9. The third-order valence-electron chi connectivity index (χ3n) is 2.00. The smallest absolute Gasteiger partial charge is 0.125 e. The topological polar surface area (TPSA) is 64.4 Å². The number of amidine groups is 1. The summed E-state index contributed by atoms with van der Waals surface area (Å²) in [6.07, 6.45) is 0. The summed E-state index contributed by atoms with van der Waals surface area (Å²) in [5.41, 5.74) is 13.5. The fraction of sp³-hybridized carbons (Fsp3) is 0.417. The Kier molecular flexibility index (Phi) is 3.48. The Labute approximate surface area is 91.2 Å². The molecule has 1 aromatic carbocycles. The van der Waals surface area contributed by atoms with Gasteiger partial charge in [0.05, 0.1) is 6.54 Å². The Morgan fingerprint density at radius 1 is 1.27 bits per heavy atom. The second kappa shape index (κ2) is 4.45. The molecule has 82 valence electrons. The van der Waals surface area contributed by atoms with E-state index in [1.54, 1.807) is 0 Å². The van der Waals surface area contributed by atoms with Crippen molar-refractivity contribution >= 4 is 5.84 Å². The van der Waals surface area contributed by atoms with Crippen molar-refractivity contribution in [3.8, 4) is 0 Å². The van der Waals surface area contributed by atoms with Gasteiger partial charge in [0.1, 0.15) is 5.84 Å². The van der Waals surface area contributed by atoms with Crippen LogP contribution in [0.2, 0.25) is 0 Å². The average Bonchev–Trinajstić information content (AvgIpc) is 2.14. The molecule has 0 amide bonds.